The average molecular weight is 356 g/mol. The first-order valence-electron chi connectivity index (χ1n) is 7.48. The zero-order chi connectivity index (χ0) is 17.6. The van der Waals surface area contributed by atoms with Crippen LogP contribution in [0.2, 0.25) is 0 Å². The van der Waals surface area contributed by atoms with E-state index >= 15 is 0 Å². The second kappa shape index (κ2) is 7.58. The molecule has 0 amide bonds. The normalized spacial score (nSPS) is 10.3. The van der Waals surface area contributed by atoms with Crippen molar-refractivity contribution in [3.05, 3.63) is 47.7 Å². The van der Waals surface area contributed by atoms with E-state index in [2.05, 4.69) is 25.6 Å². The molecule has 2 heterocycles. The Morgan fingerprint density at radius 2 is 2.04 bits per heavy atom. The minimum atomic E-state index is -0.382. The van der Waals surface area contributed by atoms with E-state index in [0.717, 1.165) is 0 Å². The highest BCUT2D eigenvalue weighted by atomic mass is 32.1. The molecule has 4 N–H and O–H groups in total. The number of carbonyl (C=O) groups is 1. The van der Waals surface area contributed by atoms with Crippen molar-refractivity contribution < 1.29 is 9.53 Å². The Morgan fingerprint density at radius 3 is 2.76 bits per heavy atom. The van der Waals surface area contributed by atoms with Gasteiger partial charge in [0.05, 0.1) is 12.2 Å². The van der Waals surface area contributed by atoms with Gasteiger partial charge in [-0.2, -0.15) is 0 Å². The lowest BCUT2D eigenvalue weighted by atomic mass is 10.2. The van der Waals surface area contributed by atoms with Crippen molar-refractivity contribution in [1.82, 2.24) is 15.0 Å². The fourth-order valence-electron chi connectivity index (χ4n) is 2.06. The largest absolute Gasteiger partial charge is 0.462 e. The molecule has 3 rings (SSSR count). The quantitative estimate of drug-likeness (QED) is 0.577. The zero-order valence-electron chi connectivity index (χ0n) is 13.4. The molecule has 0 aliphatic rings. The van der Waals surface area contributed by atoms with Crippen LogP contribution in [0, 0.1) is 0 Å². The van der Waals surface area contributed by atoms with Crippen LogP contribution in [0.25, 0.3) is 0 Å². The number of benzene rings is 1. The van der Waals surface area contributed by atoms with Crippen molar-refractivity contribution in [2.24, 2.45) is 0 Å². The summed E-state index contributed by atoms with van der Waals surface area (Å²) in [6.07, 6.45) is 3.08. The minimum Gasteiger partial charge on any atom is -0.462 e. The Labute approximate surface area is 148 Å². The molecule has 8 nitrogen and oxygen atoms in total. The molecule has 9 heteroatoms. The van der Waals surface area contributed by atoms with Gasteiger partial charge in [0, 0.05) is 17.3 Å². The summed E-state index contributed by atoms with van der Waals surface area (Å²) in [6.45, 7) is 2.08. The number of anilines is 5. The van der Waals surface area contributed by atoms with Crippen LogP contribution in [0.1, 0.15) is 17.3 Å². The Balaban J connectivity index is 1.81. The monoisotopic (exact) mass is 356 g/mol. The smallest absolute Gasteiger partial charge is 0.338 e. The van der Waals surface area contributed by atoms with E-state index in [0.29, 0.717) is 40.3 Å². The number of esters is 1. The van der Waals surface area contributed by atoms with Crippen LogP contribution >= 0.6 is 11.3 Å². The Kier molecular flexibility index (Phi) is 5.05. The van der Waals surface area contributed by atoms with E-state index in [1.165, 1.54) is 17.7 Å². The first-order chi connectivity index (χ1) is 12.2. The van der Waals surface area contributed by atoms with E-state index in [1.807, 2.05) is 5.38 Å². The molecular formula is C16H16N6O2S. The summed E-state index contributed by atoms with van der Waals surface area (Å²) in [6, 6.07) is 6.91. The topological polar surface area (TPSA) is 115 Å². The maximum Gasteiger partial charge on any atom is 0.338 e. The lowest BCUT2D eigenvalue weighted by Crippen LogP contribution is -2.07. The molecule has 0 aliphatic carbocycles. The molecular weight excluding hydrogens is 340 g/mol. The number of thiazole rings is 1. The maximum atomic E-state index is 11.8. The molecule has 0 bridgehead atoms. The lowest BCUT2D eigenvalue weighted by molar-refractivity contribution is 0.0526. The van der Waals surface area contributed by atoms with E-state index in [1.54, 1.807) is 37.4 Å². The van der Waals surface area contributed by atoms with Gasteiger partial charge in [-0.1, -0.05) is 6.07 Å². The highest BCUT2D eigenvalue weighted by molar-refractivity contribution is 7.13. The summed E-state index contributed by atoms with van der Waals surface area (Å²) < 4.78 is 5.00. The number of rotatable bonds is 6. The number of nitrogens with zero attached hydrogens (tertiary/aromatic N) is 3. The second-order valence-electron chi connectivity index (χ2n) is 4.87. The van der Waals surface area contributed by atoms with Gasteiger partial charge >= 0.3 is 5.97 Å². The van der Waals surface area contributed by atoms with Crippen molar-refractivity contribution in [2.75, 3.05) is 23.0 Å². The van der Waals surface area contributed by atoms with Crippen molar-refractivity contribution in [1.29, 1.82) is 0 Å². The average Bonchev–Trinajstić information content (AvgIpc) is 3.12. The molecule has 0 atom stereocenters. The predicted octanol–water partition coefficient (Wildman–Crippen LogP) is 3.18. The Hall–Kier alpha value is -3.20. The number of hydrogen-bond acceptors (Lipinski definition) is 9. The third-order valence-corrected chi connectivity index (χ3v) is 3.87. The van der Waals surface area contributed by atoms with Crippen LogP contribution in [-0.2, 0) is 4.74 Å². The predicted molar refractivity (Wildman–Crippen MR) is 97.5 cm³/mol. The summed E-state index contributed by atoms with van der Waals surface area (Å²) in [5.41, 5.74) is 7.58. The molecule has 0 unspecified atom stereocenters. The van der Waals surface area contributed by atoms with Crippen LogP contribution in [0.15, 0.2) is 42.2 Å². The van der Waals surface area contributed by atoms with Crippen LogP contribution in [-0.4, -0.2) is 27.5 Å². The van der Waals surface area contributed by atoms with Gasteiger partial charge in [0.2, 0.25) is 0 Å². The summed E-state index contributed by atoms with van der Waals surface area (Å²) in [5, 5.41) is 8.66. The molecule has 0 fully saturated rings. The second-order valence-corrected chi connectivity index (χ2v) is 5.77. The molecule has 1 aromatic carbocycles. The molecule has 128 valence electrons. The molecule has 0 radical (unpaired) electrons. The van der Waals surface area contributed by atoms with Crippen molar-refractivity contribution in [3.8, 4) is 0 Å². The molecule has 25 heavy (non-hydrogen) atoms. The number of carbonyl (C=O) groups excluding carboxylic acids is 1. The van der Waals surface area contributed by atoms with Gasteiger partial charge < -0.3 is 21.1 Å². The van der Waals surface area contributed by atoms with Gasteiger partial charge in [-0.25, -0.2) is 19.7 Å². The van der Waals surface area contributed by atoms with Gasteiger partial charge in [-0.3, -0.25) is 0 Å². The van der Waals surface area contributed by atoms with Gasteiger partial charge in [0.25, 0.3) is 0 Å². The van der Waals surface area contributed by atoms with E-state index in [9.17, 15) is 4.79 Å². The lowest BCUT2D eigenvalue weighted by Gasteiger charge is -2.12. The molecule has 0 saturated carbocycles. The van der Waals surface area contributed by atoms with Crippen LogP contribution in [0.4, 0.5) is 28.1 Å². The summed E-state index contributed by atoms with van der Waals surface area (Å²) >= 11 is 1.44. The Bertz CT molecular complexity index is 869. The molecule has 3 aromatic rings. The summed E-state index contributed by atoms with van der Waals surface area (Å²) in [4.78, 5) is 24.3. The third kappa shape index (κ3) is 4.01. The maximum absolute atomic E-state index is 11.8. The highest BCUT2D eigenvalue weighted by Crippen LogP contribution is 2.28. The van der Waals surface area contributed by atoms with Crippen LogP contribution in [0.5, 0.6) is 0 Å². The zero-order valence-corrected chi connectivity index (χ0v) is 14.2. The first kappa shape index (κ1) is 16.7. The van der Waals surface area contributed by atoms with Gasteiger partial charge in [-0.15, -0.1) is 11.3 Å². The van der Waals surface area contributed by atoms with Crippen molar-refractivity contribution in [2.45, 2.75) is 6.92 Å². The number of hydrogen-bond donors (Lipinski definition) is 3. The number of nitrogen functional groups attached to an aromatic ring is 1. The number of nitrogens with one attached hydrogen (secondary N) is 2. The minimum absolute atomic E-state index is 0.321. The van der Waals surface area contributed by atoms with Gasteiger partial charge in [-0.05, 0) is 25.1 Å². The van der Waals surface area contributed by atoms with Crippen molar-refractivity contribution in [3.63, 3.8) is 0 Å². The fraction of sp³-hybridized carbons (Fsp3) is 0.125. The van der Waals surface area contributed by atoms with E-state index < -0.39 is 0 Å². The molecule has 2 aromatic heterocycles. The van der Waals surface area contributed by atoms with E-state index in [4.69, 9.17) is 10.5 Å². The molecule has 0 spiro atoms. The molecule has 0 saturated heterocycles. The fourth-order valence-corrected chi connectivity index (χ4v) is 2.58. The number of aromatic nitrogens is 3. The summed E-state index contributed by atoms with van der Waals surface area (Å²) in [5.74, 6) is 0.497. The molecule has 0 aliphatic heterocycles. The van der Waals surface area contributed by atoms with Crippen molar-refractivity contribution >= 4 is 45.4 Å². The SMILES string of the molecule is CCOC(=O)c1cccc(Nc2ncnc(Nc3nccs3)c2N)c1. The van der Waals surface area contributed by atoms with Crippen LogP contribution in [0.3, 0.4) is 0 Å². The highest BCUT2D eigenvalue weighted by Gasteiger charge is 2.11. The van der Waals surface area contributed by atoms with Crippen LogP contribution < -0.4 is 16.4 Å². The van der Waals surface area contributed by atoms with E-state index in [-0.39, 0.29) is 5.97 Å². The number of nitrogens with two attached hydrogens (primary N) is 1. The van der Waals surface area contributed by atoms with Gasteiger partial charge in [0.1, 0.15) is 12.0 Å². The van der Waals surface area contributed by atoms with Gasteiger partial charge in [0.15, 0.2) is 16.8 Å². The summed E-state index contributed by atoms with van der Waals surface area (Å²) in [7, 11) is 0. The first-order valence-corrected chi connectivity index (χ1v) is 8.36. The standard InChI is InChI=1S/C16H16N6O2S/c1-2-24-15(23)10-4-3-5-11(8-10)21-13-12(17)14(20-9-19-13)22-16-18-6-7-25-16/h3-9H,2,17H2,1H3,(H2,18,19,20,21,22). The Morgan fingerprint density at radius 1 is 1.24 bits per heavy atom. The number of ether oxygens (including phenoxy) is 1. The third-order valence-electron chi connectivity index (χ3n) is 3.18.